The highest BCUT2D eigenvalue weighted by Crippen LogP contribution is 2.21. The lowest BCUT2D eigenvalue weighted by Crippen LogP contribution is -2.27. The molecule has 0 radical (unpaired) electrons. The van der Waals surface area contributed by atoms with Crippen LogP contribution >= 0.6 is 0 Å². The summed E-state index contributed by atoms with van der Waals surface area (Å²) in [4.78, 5) is 33.2. The Labute approximate surface area is 129 Å². The molecule has 23 heavy (non-hydrogen) atoms. The van der Waals surface area contributed by atoms with Gasteiger partial charge in [-0.05, 0) is 18.2 Å². The number of nitrogens with zero attached hydrogens (tertiary/aromatic N) is 1. The summed E-state index contributed by atoms with van der Waals surface area (Å²) in [7, 11) is 0. The quantitative estimate of drug-likeness (QED) is 0.624. The smallest absolute Gasteiger partial charge is 0.286 e. The van der Waals surface area contributed by atoms with Gasteiger partial charge < -0.3 is 15.1 Å². The second kappa shape index (κ2) is 7.16. The van der Waals surface area contributed by atoms with Gasteiger partial charge in [0, 0.05) is 25.1 Å². The number of furan rings is 1. The Bertz CT molecular complexity index is 730. The normalized spacial score (nSPS) is 10.1. The molecule has 2 rings (SSSR count). The van der Waals surface area contributed by atoms with Crippen LogP contribution in [0.1, 0.15) is 17.0 Å². The predicted molar refractivity (Wildman–Crippen MR) is 77.3 cm³/mol. The third-order valence-electron chi connectivity index (χ3n) is 2.82. The van der Waals surface area contributed by atoms with Gasteiger partial charge in [-0.25, -0.2) is 4.39 Å². The Morgan fingerprint density at radius 2 is 2.09 bits per heavy atom. The van der Waals surface area contributed by atoms with Crippen LogP contribution in [0.2, 0.25) is 0 Å². The van der Waals surface area contributed by atoms with E-state index in [9.17, 15) is 24.1 Å². The number of carbonyl (C=O) groups is 2. The molecule has 0 saturated carbocycles. The van der Waals surface area contributed by atoms with Crippen LogP contribution in [-0.2, 0) is 4.79 Å². The zero-order chi connectivity index (χ0) is 16.8. The molecule has 0 fully saturated rings. The number of hydrogen-bond acceptors (Lipinski definition) is 5. The van der Waals surface area contributed by atoms with Crippen molar-refractivity contribution in [2.75, 3.05) is 11.9 Å². The molecule has 0 saturated heterocycles. The van der Waals surface area contributed by atoms with E-state index < -0.39 is 22.6 Å². The van der Waals surface area contributed by atoms with E-state index in [2.05, 4.69) is 10.6 Å². The monoisotopic (exact) mass is 321 g/mol. The summed E-state index contributed by atoms with van der Waals surface area (Å²) < 4.78 is 18.4. The van der Waals surface area contributed by atoms with E-state index >= 15 is 0 Å². The van der Waals surface area contributed by atoms with Gasteiger partial charge in [-0.1, -0.05) is 0 Å². The number of carbonyl (C=O) groups excluding carboxylic acids is 2. The van der Waals surface area contributed by atoms with Gasteiger partial charge in [0.25, 0.3) is 11.6 Å². The molecule has 0 aliphatic carbocycles. The molecular weight excluding hydrogens is 309 g/mol. The van der Waals surface area contributed by atoms with Gasteiger partial charge in [0.15, 0.2) is 5.76 Å². The second-order valence-electron chi connectivity index (χ2n) is 4.45. The first-order valence-electron chi connectivity index (χ1n) is 6.53. The molecule has 1 heterocycles. The number of halogens is 1. The Hall–Kier alpha value is -3.23. The van der Waals surface area contributed by atoms with Crippen LogP contribution in [0.3, 0.4) is 0 Å². The predicted octanol–water partition coefficient (Wildman–Crippen LogP) is 2.09. The maximum absolute atomic E-state index is 13.5. The van der Waals surface area contributed by atoms with E-state index in [4.69, 9.17) is 4.42 Å². The first-order valence-corrected chi connectivity index (χ1v) is 6.53. The zero-order valence-electron chi connectivity index (χ0n) is 11.7. The standard InChI is InChI=1S/C14H12FN3O5/c15-10-4-3-9(18(21)22)8-11(10)17-13(19)5-6-16-14(20)12-2-1-7-23-12/h1-4,7-8H,5-6H2,(H,16,20)(H,17,19). The molecule has 2 amide bonds. The first-order chi connectivity index (χ1) is 11.0. The fourth-order valence-corrected chi connectivity index (χ4v) is 1.72. The van der Waals surface area contributed by atoms with Crippen molar-refractivity contribution < 1.29 is 23.3 Å². The van der Waals surface area contributed by atoms with Crippen LogP contribution < -0.4 is 10.6 Å². The van der Waals surface area contributed by atoms with Gasteiger partial charge in [-0.15, -0.1) is 0 Å². The molecule has 0 atom stereocenters. The van der Waals surface area contributed by atoms with E-state index in [0.717, 1.165) is 18.2 Å². The molecule has 8 nitrogen and oxygen atoms in total. The summed E-state index contributed by atoms with van der Waals surface area (Å²) in [5.74, 6) is -1.76. The van der Waals surface area contributed by atoms with Crippen molar-refractivity contribution in [2.24, 2.45) is 0 Å². The molecule has 2 N–H and O–H groups in total. The van der Waals surface area contributed by atoms with Crippen LogP contribution in [0, 0.1) is 15.9 Å². The summed E-state index contributed by atoms with van der Waals surface area (Å²) >= 11 is 0. The third kappa shape index (κ3) is 4.37. The lowest BCUT2D eigenvalue weighted by molar-refractivity contribution is -0.384. The lowest BCUT2D eigenvalue weighted by Gasteiger charge is -2.07. The number of anilines is 1. The van der Waals surface area contributed by atoms with E-state index in [1.54, 1.807) is 6.07 Å². The highest BCUT2D eigenvalue weighted by Gasteiger charge is 2.14. The molecule has 1 aromatic carbocycles. The largest absolute Gasteiger partial charge is 0.459 e. The molecule has 2 aromatic rings. The molecule has 0 spiro atoms. The van der Waals surface area contributed by atoms with Gasteiger partial charge in [-0.3, -0.25) is 19.7 Å². The summed E-state index contributed by atoms with van der Waals surface area (Å²) in [5, 5.41) is 15.3. The summed E-state index contributed by atoms with van der Waals surface area (Å²) in [6.07, 6.45) is 1.21. The van der Waals surface area contributed by atoms with Crippen molar-refractivity contribution >= 4 is 23.2 Å². The highest BCUT2D eigenvalue weighted by molar-refractivity contribution is 5.93. The Balaban J connectivity index is 1.86. The average Bonchev–Trinajstić information content (AvgIpc) is 3.03. The lowest BCUT2D eigenvalue weighted by atomic mass is 10.2. The second-order valence-corrected chi connectivity index (χ2v) is 4.45. The number of amides is 2. The van der Waals surface area contributed by atoms with Crippen LogP contribution in [0.5, 0.6) is 0 Å². The van der Waals surface area contributed by atoms with Crippen LogP contribution in [0.4, 0.5) is 15.8 Å². The van der Waals surface area contributed by atoms with Crippen molar-refractivity contribution in [3.8, 4) is 0 Å². The summed E-state index contributed by atoms with van der Waals surface area (Å²) in [6.45, 7) is 0.00190. The number of non-ortho nitro benzene ring substituents is 1. The fraction of sp³-hybridized carbons (Fsp3) is 0.143. The minimum absolute atomic E-state index is 0.00190. The van der Waals surface area contributed by atoms with Gasteiger partial charge in [0.05, 0.1) is 16.9 Å². The van der Waals surface area contributed by atoms with Crippen LogP contribution in [0.15, 0.2) is 41.0 Å². The maximum atomic E-state index is 13.5. The molecule has 0 unspecified atom stereocenters. The fourth-order valence-electron chi connectivity index (χ4n) is 1.72. The number of rotatable bonds is 6. The Morgan fingerprint density at radius 1 is 1.30 bits per heavy atom. The molecule has 0 bridgehead atoms. The Kier molecular flexibility index (Phi) is 5.03. The van der Waals surface area contributed by atoms with E-state index in [1.165, 1.54) is 12.3 Å². The van der Waals surface area contributed by atoms with Gasteiger partial charge in [0.1, 0.15) is 5.82 Å². The number of benzene rings is 1. The van der Waals surface area contributed by atoms with E-state index in [1.807, 2.05) is 0 Å². The number of hydrogen-bond donors (Lipinski definition) is 2. The van der Waals surface area contributed by atoms with Crippen molar-refractivity contribution in [1.29, 1.82) is 0 Å². The maximum Gasteiger partial charge on any atom is 0.286 e. The highest BCUT2D eigenvalue weighted by atomic mass is 19.1. The minimum atomic E-state index is -0.788. The van der Waals surface area contributed by atoms with Crippen molar-refractivity contribution in [3.05, 3.63) is 58.3 Å². The van der Waals surface area contributed by atoms with Gasteiger partial charge >= 0.3 is 0 Å². The average molecular weight is 321 g/mol. The van der Waals surface area contributed by atoms with Crippen LogP contribution in [0.25, 0.3) is 0 Å². The topological polar surface area (TPSA) is 114 Å². The molecule has 1 aromatic heterocycles. The number of nitro groups is 1. The van der Waals surface area contributed by atoms with Gasteiger partial charge in [-0.2, -0.15) is 0 Å². The summed E-state index contributed by atoms with van der Waals surface area (Å²) in [5.41, 5.74) is -0.630. The van der Waals surface area contributed by atoms with Crippen molar-refractivity contribution in [3.63, 3.8) is 0 Å². The third-order valence-corrected chi connectivity index (χ3v) is 2.82. The summed E-state index contributed by atoms with van der Waals surface area (Å²) in [6, 6.07) is 5.83. The number of nitrogens with one attached hydrogen (secondary N) is 2. The number of nitro benzene ring substituents is 1. The van der Waals surface area contributed by atoms with Crippen LogP contribution in [-0.4, -0.2) is 23.3 Å². The first kappa shape index (κ1) is 16.1. The zero-order valence-corrected chi connectivity index (χ0v) is 11.7. The molecule has 120 valence electrons. The molecule has 0 aliphatic heterocycles. The SMILES string of the molecule is O=C(CCNC(=O)c1ccco1)Nc1cc([N+](=O)[O-])ccc1F. The van der Waals surface area contributed by atoms with Crippen molar-refractivity contribution in [2.45, 2.75) is 6.42 Å². The van der Waals surface area contributed by atoms with Crippen molar-refractivity contribution in [1.82, 2.24) is 5.32 Å². The molecular formula is C14H12FN3O5. The molecule has 0 aliphatic rings. The van der Waals surface area contributed by atoms with Gasteiger partial charge in [0.2, 0.25) is 5.91 Å². The van der Waals surface area contributed by atoms with E-state index in [0.29, 0.717) is 0 Å². The van der Waals surface area contributed by atoms with E-state index in [-0.39, 0.29) is 30.1 Å². The Morgan fingerprint density at radius 3 is 2.74 bits per heavy atom. The minimum Gasteiger partial charge on any atom is -0.459 e. The molecule has 9 heteroatoms.